The molecule has 1 N–H and O–H groups in total. The van der Waals surface area contributed by atoms with Crippen molar-refractivity contribution in [3.05, 3.63) is 53.6 Å². The highest BCUT2D eigenvalue weighted by atomic mass is 19.1. The molecule has 110 valence electrons. The second kappa shape index (κ2) is 6.21. The van der Waals surface area contributed by atoms with E-state index in [1.54, 1.807) is 0 Å². The predicted octanol–water partition coefficient (Wildman–Crippen LogP) is 3.50. The van der Waals surface area contributed by atoms with Crippen molar-refractivity contribution < 1.29 is 23.0 Å². The first-order chi connectivity index (χ1) is 10.0. The minimum absolute atomic E-state index is 0.158. The van der Waals surface area contributed by atoms with Gasteiger partial charge in [0.1, 0.15) is 17.4 Å². The van der Waals surface area contributed by atoms with Crippen LogP contribution in [0.2, 0.25) is 0 Å². The van der Waals surface area contributed by atoms with Gasteiger partial charge in [-0.2, -0.15) is 0 Å². The minimum Gasteiger partial charge on any atom is -0.494 e. The summed E-state index contributed by atoms with van der Waals surface area (Å²) in [5, 5.41) is 2.84. The van der Waals surface area contributed by atoms with E-state index in [1.165, 1.54) is 38.5 Å². The lowest BCUT2D eigenvalue weighted by Gasteiger charge is -2.14. The van der Waals surface area contributed by atoms with E-state index in [9.17, 15) is 13.6 Å². The van der Waals surface area contributed by atoms with Crippen molar-refractivity contribution in [2.24, 2.45) is 0 Å². The number of halogens is 2. The summed E-state index contributed by atoms with van der Waals surface area (Å²) in [6.45, 7) is 0. The fourth-order valence-electron chi connectivity index (χ4n) is 1.82. The summed E-state index contributed by atoms with van der Waals surface area (Å²) >= 11 is 0. The summed E-state index contributed by atoms with van der Waals surface area (Å²) in [5.41, 5.74) is 0.756. The molecule has 0 aliphatic carbocycles. The number of rotatable bonds is 4. The van der Waals surface area contributed by atoms with Gasteiger partial charge in [-0.15, -0.1) is 0 Å². The van der Waals surface area contributed by atoms with E-state index >= 15 is 0 Å². The predicted molar refractivity (Wildman–Crippen MR) is 74.0 cm³/mol. The van der Waals surface area contributed by atoms with Gasteiger partial charge in [-0.1, -0.05) is 0 Å². The third-order valence-electron chi connectivity index (χ3n) is 2.82. The fraction of sp³-hybridized carbons (Fsp3) is 0.133. The number of hydrogen-bond acceptors (Lipinski definition) is 4. The van der Waals surface area contributed by atoms with Crippen LogP contribution in [0.1, 0.15) is 10.4 Å². The first kappa shape index (κ1) is 14.8. The number of hydrogen-bond donors (Lipinski definition) is 1. The van der Waals surface area contributed by atoms with Crippen molar-refractivity contribution >= 4 is 17.3 Å². The zero-order chi connectivity index (χ0) is 15.4. The van der Waals surface area contributed by atoms with E-state index in [4.69, 9.17) is 4.74 Å². The summed E-state index contributed by atoms with van der Waals surface area (Å²) in [4.78, 5) is 11.7. The first-order valence-corrected chi connectivity index (χ1v) is 6.03. The Labute approximate surface area is 120 Å². The maximum Gasteiger partial charge on any atom is 0.339 e. The third-order valence-corrected chi connectivity index (χ3v) is 2.82. The smallest absolute Gasteiger partial charge is 0.339 e. The molecule has 0 amide bonds. The van der Waals surface area contributed by atoms with Crippen molar-refractivity contribution in [3.8, 4) is 5.75 Å². The van der Waals surface area contributed by atoms with E-state index < -0.39 is 17.6 Å². The highest BCUT2D eigenvalue weighted by Gasteiger charge is 2.14. The molecule has 0 saturated heterocycles. The van der Waals surface area contributed by atoms with Gasteiger partial charge in [-0.25, -0.2) is 13.6 Å². The molecule has 4 nitrogen and oxygen atoms in total. The summed E-state index contributed by atoms with van der Waals surface area (Å²) < 4.78 is 36.2. The number of esters is 1. The van der Waals surface area contributed by atoms with Gasteiger partial charge in [0.15, 0.2) is 0 Å². The van der Waals surface area contributed by atoms with Crippen LogP contribution in [0.15, 0.2) is 36.4 Å². The topological polar surface area (TPSA) is 47.6 Å². The van der Waals surface area contributed by atoms with Crippen LogP contribution in [0, 0.1) is 11.6 Å². The number of methoxy groups -OCH3 is 2. The Balaban J connectivity index is 2.43. The average molecular weight is 293 g/mol. The van der Waals surface area contributed by atoms with Crippen LogP contribution < -0.4 is 10.1 Å². The van der Waals surface area contributed by atoms with Gasteiger partial charge in [0.2, 0.25) is 0 Å². The molecule has 2 rings (SSSR count). The number of nitrogens with one attached hydrogen (secondary N) is 1. The summed E-state index contributed by atoms with van der Waals surface area (Å²) in [6.07, 6.45) is 0. The summed E-state index contributed by atoms with van der Waals surface area (Å²) in [5.74, 6) is -1.37. The molecule has 0 radical (unpaired) electrons. The first-order valence-electron chi connectivity index (χ1n) is 6.03. The van der Waals surface area contributed by atoms with Gasteiger partial charge in [0.25, 0.3) is 0 Å². The molecular weight excluding hydrogens is 280 g/mol. The van der Waals surface area contributed by atoms with Crippen molar-refractivity contribution in [3.63, 3.8) is 0 Å². The van der Waals surface area contributed by atoms with Gasteiger partial charge in [0, 0.05) is 6.07 Å². The zero-order valence-corrected chi connectivity index (χ0v) is 11.4. The monoisotopic (exact) mass is 293 g/mol. The van der Waals surface area contributed by atoms with E-state index in [2.05, 4.69) is 10.1 Å². The second-order valence-corrected chi connectivity index (χ2v) is 4.15. The van der Waals surface area contributed by atoms with Gasteiger partial charge in [0.05, 0.1) is 31.2 Å². The summed E-state index contributed by atoms with van der Waals surface area (Å²) in [7, 11) is 2.61. The van der Waals surface area contributed by atoms with E-state index in [-0.39, 0.29) is 17.0 Å². The van der Waals surface area contributed by atoms with Crippen molar-refractivity contribution in [1.29, 1.82) is 0 Å². The molecule has 0 fully saturated rings. The molecule has 0 unspecified atom stereocenters. The molecule has 0 spiro atoms. The second-order valence-electron chi connectivity index (χ2n) is 4.15. The van der Waals surface area contributed by atoms with Crippen LogP contribution in [0.3, 0.4) is 0 Å². The van der Waals surface area contributed by atoms with Gasteiger partial charge in [-0.05, 0) is 30.3 Å². The van der Waals surface area contributed by atoms with Crippen LogP contribution >= 0.6 is 0 Å². The molecule has 2 aromatic rings. The van der Waals surface area contributed by atoms with Crippen LogP contribution in [-0.2, 0) is 4.74 Å². The Bertz CT molecular complexity index is 674. The van der Waals surface area contributed by atoms with Crippen molar-refractivity contribution in [2.75, 3.05) is 19.5 Å². The molecule has 0 aromatic heterocycles. The quantitative estimate of drug-likeness (QED) is 0.876. The highest BCUT2D eigenvalue weighted by molar-refractivity contribution is 5.96. The lowest BCUT2D eigenvalue weighted by atomic mass is 10.1. The molecule has 0 bridgehead atoms. The van der Waals surface area contributed by atoms with Crippen LogP contribution in [0.25, 0.3) is 0 Å². The number of benzene rings is 2. The number of anilines is 2. The minimum atomic E-state index is -0.612. The molecule has 0 saturated carbocycles. The molecule has 0 aliphatic rings. The number of carbonyl (C=O) groups excluding carboxylic acids is 1. The van der Waals surface area contributed by atoms with E-state index in [0.29, 0.717) is 5.69 Å². The third kappa shape index (κ3) is 3.28. The van der Waals surface area contributed by atoms with Crippen LogP contribution in [-0.4, -0.2) is 20.2 Å². The van der Waals surface area contributed by atoms with Gasteiger partial charge in [-0.3, -0.25) is 0 Å². The Hall–Kier alpha value is -2.63. The molecule has 0 atom stereocenters. The fourth-order valence-corrected chi connectivity index (χ4v) is 1.82. The van der Waals surface area contributed by atoms with Crippen LogP contribution in [0.4, 0.5) is 20.2 Å². The Morgan fingerprint density at radius 3 is 2.33 bits per heavy atom. The lowest BCUT2D eigenvalue weighted by molar-refractivity contribution is 0.0602. The number of ether oxygens (including phenoxy) is 2. The lowest BCUT2D eigenvalue weighted by Crippen LogP contribution is -2.06. The standard InChI is InChI=1S/C15H13F2NO3/c1-20-14-8-10(17)4-6-12(14)18-13-7-9(16)3-5-11(13)15(19)21-2/h3-8,18H,1-2H3. The maximum atomic E-state index is 13.4. The van der Waals surface area contributed by atoms with Gasteiger partial charge < -0.3 is 14.8 Å². The van der Waals surface area contributed by atoms with E-state index in [0.717, 1.165) is 12.1 Å². The van der Waals surface area contributed by atoms with E-state index in [1.807, 2.05) is 0 Å². The highest BCUT2D eigenvalue weighted by Crippen LogP contribution is 2.30. The molecular formula is C15H13F2NO3. The Morgan fingerprint density at radius 2 is 1.67 bits per heavy atom. The Morgan fingerprint density at radius 1 is 1.00 bits per heavy atom. The Kier molecular flexibility index (Phi) is 4.37. The molecule has 0 aliphatic heterocycles. The SMILES string of the molecule is COC(=O)c1ccc(F)cc1Nc1ccc(F)cc1OC. The maximum absolute atomic E-state index is 13.4. The van der Waals surface area contributed by atoms with Gasteiger partial charge >= 0.3 is 5.97 Å². The molecule has 21 heavy (non-hydrogen) atoms. The molecule has 6 heteroatoms. The largest absolute Gasteiger partial charge is 0.494 e. The zero-order valence-electron chi connectivity index (χ0n) is 11.4. The van der Waals surface area contributed by atoms with Crippen LogP contribution in [0.5, 0.6) is 5.75 Å². The van der Waals surface area contributed by atoms with Crippen molar-refractivity contribution in [2.45, 2.75) is 0 Å². The average Bonchev–Trinajstić information content (AvgIpc) is 2.48. The van der Waals surface area contributed by atoms with Crippen molar-refractivity contribution in [1.82, 2.24) is 0 Å². The summed E-state index contributed by atoms with van der Waals surface area (Å²) in [6, 6.07) is 7.44. The molecule has 0 heterocycles. The number of carbonyl (C=O) groups is 1. The normalized spacial score (nSPS) is 10.1. The molecule has 2 aromatic carbocycles.